The summed E-state index contributed by atoms with van der Waals surface area (Å²) in [6, 6.07) is 9.55. The number of carbonyl (C=O) groups excluding carboxylic acids is 2. The van der Waals surface area contributed by atoms with Crippen LogP contribution in [-0.4, -0.2) is 26.2 Å². The third kappa shape index (κ3) is 3.90. The Balaban J connectivity index is 1.58. The second-order valence-electron chi connectivity index (χ2n) is 6.43. The van der Waals surface area contributed by atoms with Crippen molar-refractivity contribution in [3.8, 4) is 11.4 Å². The largest absolute Gasteiger partial charge is 0.328 e. The van der Waals surface area contributed by atoms with E-state index in [1.807, 2.05) is 4.57 Å². The lowest BCUT2D eigenvalue weighted by Gasteiger charge is -2.12. The molecular weight excluding hydrogens is 430 g/mol. The summed E-state index contributed by atoms with van der Waals surface area (Å²) in [5.41, 5.74) is 1.65. The van der Waals surface area contributed by atoms with Crippen molar-refractivity contribution in [2.45, 2.75) is 6.54 Å². The predicted molar refractivity (Wildman–Crippen MR) is 112 cm³/mol. The van der Waals surface area contributed by atoms with E-state index >= 15 is 0 Å². The molecule has 0 atom stereocenters. The molecule has 0 radical (unpaired) electrons. The van der Waals surface area contributed by atoms with Gasteiger partial charge in [-0.15, -0.1) is 0 Å². The van der Waals surface area contributed by atoms with Crippen molar-refractivity contribution in [3.05, 3.63) is 88.2 Å². The van der Waals surface area contributed by atoms with Crippen LogP contribution in [0.3, 0.4) is 0 Å². The van der Waals surface area contributed by atoms with Gasteiger partial charge in [0.2, 0.25) is 0 Å². The first-order chi connectivity index (χ1) is 14.4. The number of nitrogens with one attached hydrogen (secondary N) is 1. The van der Waals surface area contributed by atoms with E-state index < -0.39 is 11.7 Å². The average molecular weight is 443 g/mol. The van der Waals surface area contributed by atoms with Gasteiger partial charge < -0.3 is 9.88 Å². The molecule has 1 aromatic heterocycles. The number of aromatic nitrogens is 3. The molecular formula is C21H13Cl2FN4O2. The highest BCUT2D eigenvalue weighted by molar-refractivity contribution is 6.49. The number of anilines is 1. The van der Waals surface area contributed by atoms with Crippen LogP contribution in [-0.2, 0) is 11.3 Å². The van der Waals surface area contributed by atoms with Crippen LogP contribution in [0.2, 0.25) is 10.0 Å². The topological polar surface area (TPSA) is 76.9 Å². The molecule has 0 saturated heterocycles. The molecule has 150 valence electrons. The number of amides is 1. The van der Waals surface area contributed by atoms with Gasteiger partial charge in [-0.3, -0.25) is 14.6 Å². The number of nitrogens with zero attached hydrogens (tertiary/aromatic N) is 3. The Kier molecular flexibility index (Phi) is 5.48. The summed E-state index contributed by atoms with van der Waals surface area (Å²) in [5.74, 6) is -1.46. The Morgan fingerprint density at radius 1 is 1.03 bits per heavy atom. The van der Waals surface area contributed by atoms with Gasteiger partial charge in [0.05, 0.1) is 21.3 Å². The zero-order valence-electron chi connectivity index (χ0n) is 15.3. The smallest absolute Gasteiger partial charge is 0.296 e. The number of carbonyl (C=O) groups is 2. The first kappa shape index (κ1) is 20.0. The van der Waals surface area contributed by atoms with E-state index in [1.165, 1.54) is 30.7 Å². The maximum absolute atomic E-state index is 13.1. The lowest BCUT2D eigenvalue weighted by atomic mass is 10.1. The number of fused-ring (bicyclic) bond motifs is 1. The molecule has 30 heavy (non-hydrogen) atoms. The van der Waals surface area contributed by atoms with Crippen molar-refractivity contribution >= 4 is 40.6 Å². The quantitative estimate of drug-likeness (QED) is 0.359. The van der Waals surface area contributed by atoms with E-state index in [2.05, 4.69) is 15.3 Å². The number of hydrogen-bond acceptors (Lipinski definition) is 4. The van der Waals surface area contributed by atoms with Crippen LogP contribution in [0.4, 0.5) is 10.1 Å². The molecule has 0 bridgehead atoms. The third-order valence-corrected chi connectivity index (χ3v) is 5.03. The molecule has 0 saturated carbocycles. The molecule has 2 aromatic rings. The Morgan fingerprint density at radius 2 is 1.73 bits per heavy atom. The molecule has 6 nitrogen and oxygen atoms in total. The molecule has 0 spiro atoms. The molecule has 1 amide bonds. The number of rotatable bonds is 5. The second-order valence-corrected chi connectivity index (χ2v) is 7.25. The van der Waals surface area contributed by atoms with Crippen molar-refractivity contribution in [1.29, 1.82) is 0 Å². The maximum atomic E-state index is 13.1. The van der Waals surface area contributed by atoms with Gasteiger partial charge >= 0.3 is 0 Å². The first-order valence-corrected chi connectivity index (χ1v) is 9.52. The molecule has 0 fully saturated rings. The Labute approximate surface area is 180 Å². The number of halogens is 3. The molecule has 0 aliphatic carbocycles. The van der Waals surface area contributed by atoms with Gasteiger partial charge in [-0.05, 0) is 29.8 Å². The van der Waals surface area contributed by atoms with Crippen molar-refractivity contribution in [1.82, 2.24) is 14.5 Å². The Morgan fingerprint density at radius 3 is 2.43 bits per heavy atom. The normalized spacial score (nSPS) is 10.9. The molecule has 9 heteroatoms. The molecule has 1 aromatic carbocycles. The number of pyridine rings is 2. The van der Waals surface area contributed by atoms with Gasteiger partial charge in [0.25, 0.3) is 11.7 Å². The standard InChI is InChI=1S/C21H13Cl2FN4O2/c22-16-9-25-10-17(23)18(16)27-21(30)19(29)15-8-26-20-14(15)2-1-7-28(20)11-12-3-5-13(24)6-4-12/h1-10H,11H2,(H,25,27,30). The fourth-order valence-corrected chi connectivity index (χ4v) is 3.47. The Bertz CT molecular complexity index is 1200. The number of benzene rings is 1. The van der Waals surface area contributed by atoms with Gasteiger partial charge in [-0.25, -0.2) is 9.37 Å². The minimum Gasteiger partial charge on any atom is -0.328 e. The lowest BCUT2D eigenvalue weighted by molar-refractivity contribution is -0.112. The van der Waals surface area contributed by atoms with Crippen molar-refractivity contribution < 1.29 is 14.0 Å². The van der Waals surface area contributed by atoms with Crippen LogP contribution in [0.15, 0.2) is 61.2 Å². The summed E-state index contributed by atoms with van der Waals surface area (Å²) < 4.78 is 15.0. The molecule has 3 heterocycles. The van der Waals surface area contributed by atoms with Crippen LogP contribution in [0.5, 0.6) is 0 Å². The van der Waals surface area contributed by atoms with Crippen LogP contribution in [0.25, 0.3) is 11.4 Å². The lowest BCUT2D eigenvalue weighted by Crippen LogP contribution is -2.23. The highest BCUT2D eigenvalue weighted by Gasteiger charge is 2.25. The van der Waals surface area contributed by atoms with E-state index in [1.54, 1.807) is 30.5 Å². The van der Waals surface area contributed by atoms with Crippen LogP contribution < -0.4 is 5.32 Å². The van der Waals surface area contributed by atoms with E-state index in [4.69, 9.17) is 23.2 Å². The van der Waals surface area contributed by atoms with Crippen LogP contribution >= 0.6 is 23.2 Å². The summed E-state index contributed by atoms with van der Waals surface area (Å²) in [5, 5.41) is 2.66. The summed E-state index contributed by atoms with van der Waals surface area (Å²) >= 11 is 12.0. The number of hydrogen-bond donors (Lipinski definition) is 1. The van der Waals surface area contributed by atoms with Crippen LogP contribution in [0.1, 0.15) is 15.9 Å². The highest BCUT2D eigenvalue weighted by Crippen LogP contribution is 2.30. The van der Waals surface area contributed by atoms with Crippen LogP contribution in [0, 0.1) is 5.82 Å². The highest BCUT2D eigenvalue weighted by atomic mass is 35.5. The summed E-state index contributed by atoms with van der Waals surface area (Å²) in [4.78, 5) is 33.4. The SMILES string of the molecule is O=C(Nc1c(Cl)cncc1Cl)C(=O)c1cnc2n(Cc3ccc(F)cc3)cccc1-2. The summed E-state index contributed by atoms with van der Waals surface area (Å²) in [7, 11) is 0. The van der Waals surface area contributed by atoms with E-state index in [0.717, 1.165) is 5.56 Å². The minimum atomic E-state index is -0.895. The molecule has 4 rings (SSSR count). The number of ketones is 1. The minimum absolute atomic E-state index is 0.113. The fourth-order valence-electron chi connectivity index (χ4n) is 3.01. The summed E-state index contributed by atoms with van der Waals surface area (Å²) in [6.07, 6.45) is 5.77. The predicted octanol–water partition coefficient (Wildman–Crippen LogP) is 4.70. The van der Waals surface area contributed by atoms with E-state index in [9.17, 15) is 14.0 Å². The van der Waals surface area contributed by atoms with Crippen molar-refractivity contribution in [2.24, 2.45) is 0 Å². The monoisotopic (exact) mass is 442 g/mol. The molecule has 0 unspecified atom stereocenters. The fraction of sp³-hybridized carbons (Fsp3) is 0.0476. The Hall–Kier alpha value is -3.29. The average Bonchev–Trinajstić information content (AvgIpc) is 3.17. The maximum Gasteiger partial charge on any atom is 0.296 e. The molecule has 2 aliphatic rings. The van der Waals surface area contributed by atoms with Gasteiger partial charge in [0.1, 0.15) is 11.6 Å². The third-order valence-electron chi connectivity index (χ3n) is 4.46. The van der Waals surface area contributed by atoms with Gasteiger partial charge in [-0.2, -0.15) is 0 Å². The van der Waals surface area contributed by atoms with Gasteiger partial charge in [0.15, 0.2) is 0 Å². The number of Topliss-reactive ketones (excluding diaryl/α,β-unsaturated/α-hetero) is 1. The zero-order valence-corrected chi connectivity index (χ0v) is 16.8. The van der Waals surface area contributed by atoms with Gasteiger partial charge in [-0.1, -0.05) is 35.3 Å². The second kappa shape index (κ2) is 8.22. The van der Waals surface area contributed by atoms with Crippen molar-refractivity contribution in [3.63, 3.8) is 0 Å². The van der Waals surface area contributed by atoms with Gasteiger partial charge in [0, 0.05) is 36.9 Å². The zero-order chi connectivity index (χ0) is 21.3. The van der Waals surface area contributed by atoms with E-state index in [0.29, 0.717) is 17.9 Å². The molecule has 2 aliphatic heterocycles. The van der Waals surface area contributed by atoms with Crippen molar-refractivity contribution in [2.75, 3.05) is 5.32 Å². The first-order valence-electron chi connectivity index (χ1n) is 8.77. The summed E-state index contributed by atoms with van der Waals surface area (Å²) in [6.45, 7) is 0.427. The molecule has 1 N–H and O–H groups in total. The van der Waals surface area contributed by atoms with E-state index in [-0.39, 0.29) is 27.1 Å².